The molecule has 0 unspecified atom stereocenters. The molecule has 0 aliphatic heterocycles. The van der Waals surface area contributed by atoms with E-state index in [4.69, 9.17) is 5.73 Å². The minimum absolute atomic E-state index is 0.486. The molecule has 0 amide bonds. The van der Waals surface area contributed by atoms with Gasteiger partial charge in [0.2, 0.25) is 0 Å². The second kappa shape index (κ2) is 5.89. The van der Waals surface area contributed by atoms with Crippen LogP contribution < -0.4 is 5.73 Å². The predicted octanol–water partition coefficient (Wildman–Crippen LogP) is 5.02. The predicted molar refractivity (Wildman–Crippen MR) is 81.6 cm³/mol. The highest BCUT2D eigenvalue weighted by Gasteiger charge is 2.42. The number of nitrogens with two attached hydrogens (primary N) is 1. The molecule has 0 aromatic rings. The fraction of sp³-hybridized carbons (Fsp3) is 0.889. The fourth-order valence-electron chi connectivity index (χ4n) is 5.48. The van der Waals surface area contributed by atoms with Gasteiger partial charge in [0.1, 0.15) is 0 Å². The summed E-state index contributed by atoms with van der Waals surface area (Å²) in [6, 6.07) is 0. The second-order valence-corrected chi connectivity index (χ2v) is 7.46. The second-order valence-electron chi connectivity index (χ2n) is 7.46. The van der Waals surface area contributed by atoms with E-state index in [0.29, 0.717) is 5.41 Å². The number of hydrogen-bond donors (Lipinski definition) is 1. The van der Waals surface area contributed by atoms with Gasteiger partial charge in [0.05, 0.1) is 0 Å². The highest BCUT2D eigenvalue weighted by atomic mass is 14.5. The average Bonchev–Trinajstić information content (AvgIpc) is 3.14. The largest absolute Gasteiger partial charge is 0.405 e. The Kier molecular flexibility index (Phi) is 4.19. The van der Waals surface area contributed by atoms with Crippen molar-refractivity contribution in [1.29, 1.82) is 0 Å². The van der Waals surface area contributed by atoms with E-state index in [1.807, 2.05) is 6.20 Å². The van der Waals surface area contributed by atoms with E-state index in [1.54, 1.807) is 0 Å². The van der Waals surface area contributed by atoms with Crippen LogP contribution in [-0.4, -0.2) is 0 Å². The first-order valence-electron chi connectivity index (χ1n) is 8.73. The molecule has 3 fully saturated rings. The summed E-state index contributed by atoms with van der Waals surface area (Å²) in [6.07, 6.45) is 21.9. The first kappa shape index (κ1) is 13.5. The van der Waals surface area contributed by atoms with E-state index in [0.717, 1.165) is 17.8 Å². The van der Waals surface area contributed by atoms with Crippen molar-refractivity contribution in [2.75, 3.05) is 0 Å². The third kappa shape index (κ3) is 2.71. The maximum Gasteiger partial charge on any atom is -0.00726 e. The van der Waals surface area contributed by atoms with Crippen molar-refractivity contribution in [3.8, 4) is 0 Å². The molecule has 0 heterocycles. The number of rotatable bonds is 3. The van der Waals surface area contributed by atoms with Crippen LogP contribution in [0.4, 0.5) is 0 Å². The van der Waals surface area contributed by atoms with Crippen molar-refractivity contribution in [3.63, 3.8) is 0 Å². The van der Waals surface area contributed by atoms with Gasteiger partial charge in [0, 0.05) is 0 Å². The van der Waals surface area contributed by atoms with Crippen LogP contribution in [0.3, 0.4) is 0 Å². The summed E-state index contributed by atoms with van der Waals surface area (Å²) < 4.78 is 0. The molecule has 108 valence electrons. The number of hydrogen-bond acceptors (Lipinski definition) is 1. The van der Waals surface area contributed by atoms with Crippen LogP contribution in [0.1, 0.15) is 77.0 Å². The minimum Gasteiger partial charge on any atom is -0.405 e. The molecule has 2 N–H and O–H groups in total. The van der Waals surface area contributed by atoms with Gasteiger partial charge < -0.3 is 5.73 Å². The molecule has 19 heavy (non-hydrogen) atoms. The van der Waals surface area contributed by atoms with Crippen molar-refractivity contribution in [2.45, 2.75) is 77.0 Å². The zero-order valence-electron chi connectivity index (χ0n) is 12.4. The van der Waals surface area contributed by atoms with E-state index >= 15 is 0 Å². The van der Waals surface area contributed by atoms with E-state index in [9.17, 15) is 0 Å². The summed E-state index contributed by atoms with van der Waals surface area (Å²) >= 11 is 0. The Balaban J connectivity index is 1.64. The smallest absolute Gasteiger partial charge is 0.00726 e. The van der Waals surface area contributed by atoms with Crippen LogP contribution in [0, 0.1) is 23.2 Å². The molecule has 0 radical (unpaired) electrons. The summed E-state index contributed by atoms with van der Waals surface area (Å²) in [5.41, 5.74) is 6.27. The van der Waals surface area contributed by atoms with Gasteiger partial charge in [0.25, 0.3) is 0 Å². The first-order valence-corrected chi connectivity index (χ1v) is 8.73. The number of allylic oxidation sites excluding steroid dienone is 1. The Bertz CT molecular complexity index is 300. The Hall–Kier alpha value is -0.460. The van der Waals surface area contributed by atoms with Gasteiger partial charge in [-0.3, -0.25) is 0 Å². The molecule has 0 aromatic heterocycles. The van der Waals surface area contributed by atoms with Crippen LogP contribution in [0.2, 0.25) is 0 Å². The summed E-state index contributed by atoms with van der Waals surface area (Å²) in [6.45, 7) is 0. The highest BCUT2D eigenvalue weighted by Crippen LogP contribution is 2.53. The summed E-state index contributed by atoms with van der Waals surface area (Å²) in [5, 5.41) is 0. The monoisotopic (exact) mass is 261 g/mol. The minimum atomic E-state index is 0.486. The first-order chi connectivity index (χ1) is 9.34. The zero-order chi connectivity index (χ0) is 13.1. The lowest BCUT2D eigenvalue weighted by Crippen LogP contribution is -2.34. The lowest BCUT2D eigenvalue weighted by Gasteiger charge is -2.44. The van der Waals surface area contributed by atoms with Gasteiger partial charge in [-0.25, -0.2) is 0 Å². The van der Waals surface area contributed by atoms with Crippen molar-refractivity contribution in [3.05, 3.63) is 12.3 Å². The molecule has 0 aromatic carbocycles. The van der Waals surface area contributed by atoms with Crippen molar-refractivity contribution >= 4 is 0 Å². The summed E-state index contributed by atoms with van der Waals surface area (Å²) in [5.74, 6) is 3.06. The lowest BCUT2D eigenvalue weighted by atomic mass is 9.61. The third-order valence-electron chi connectivity index (χ3n) is 6.62. The van der Waals surface area contributed by atoms with Crippen LogP contribution in [0.5, 0.6) is 0 Å². The zero-order valence-corrected chi connectivity index (χ0v) is 12.4. The van der Waals surface area contributed by atoms with E-state index in [-0.39, 0.29) is 0 Å². The third-order valence-corrected chi connectivity index (χ3v) is 6.62. The molecule has 1 nitrogen and oxygen atoms in total. The molecule has 0 atom stereocenters. The van der Waals surface area contributed by atoms with Crippen molar-refractivity contribution < 1.29 is 0 Å². The fourth-order valence-corrected chi connectivity index (χ4v) is 5.48. The maximum absolute atomic E-state index is 5.79. The van der Waals surface area contributed by atoms with E-state index in [2.05, 4.69) is 6.08 Å². The van der Waals surface area contributed by atoms with Gasteiger partial charge in [-0.05, 0) is 67.9 Å². The molecule has 3 aliphatic rings. The normalized spacial score (nSPS) is 38.4. The Morgan fingerprint density at radius 2 is 1.26 bits per heavy atom. The van der Waals surface area contributed by atoms with Gasteiger partial charge in [-0.15, -0.1) is 0 Å². The van der Waals surface area contributed by atoms with Crippen LogP contribution in [0.25, 0.3) is 0 Å². The Morgan fingerprint density at radius 3 is 1.84 bits per heavy atom. The Labute approximate surface area is 119 Å². The Morgan fingerprint density at radius 1 is 0.737 bits per heavy atom. The maximum atomic E-state index is 5.79. The van der Waals surface area contributed by atoms with E-state index < -0.39 is 0 Å². The van der Waals surface area contributed by atoms with Gasteiger partial charge in [0.15, 0.2) is 0 Å². The van der Waals surface area contributed by atoms with E-state index in [1.165, 1.54) is 77.0 Å². The SMILES string of the molecule is N/C=C/C1(C2CCCC2)CCC(C2CCCC2)CC1. The van der Waals surface area contributed by atoms with Crippen LogP contribution >= 0.6 is 0 Å². The van der Waals surface area contributed by atoms with Crippen LogP contribution in [-0.2, 0) is 0 Å². The van der Waals surface area contributed by atoms with Crippen LogP contribution in [0.15, 0.2) is 12.3 Å². The molecule has 0 saturated heterocycles. The highest BCUT2D eigenvalue weighted by molar-refractivity contribution is 5.05. The molecule has 3 saturated carbocycles. The summed E-state index contributed by atoms with van der Waals surface area (Å²) in [4.78, 5) is 0. The topological polar surface area (TPSA) is 26.0 Å². The molecular weight excluding hydrogens is 230 g/mol. The molecule has 0 spiro atoms. The van der Waals surface area contributed by atoms with Crippen molar-refractivity contribution in [2.24, 2.45) is 28.9 Å². The van der Waals surface area contributed by atoms with Gasteiger partial charge >= 0.3 is 0 Å². The summed E-state index contributed by atoms with van der Waals surface area (Å²) in [7, 11) is 0. The molecule has 3 rings (SSSR count). The molecule has 1 heteroatoms. The van der Waals surface area contributed by atoms with Gasteiger partial charge in [-0.2, -0.15) is 0 Å². The molecule has 0 bridgehead atoms. The molecule has 3 aliphatic carbocycles. The lowest BCUT2D eigenvalue weighted by molar-refractivity contribution is 0.103. The average molecular weight is 261 g/mol. The van der Waals surface area contributed by atoms with Gasteiger partial charge in [-0.1, -0.05) is 44.6 Å². The molecular formula is C18H31N. The van der Waals surface area contributed by atoms with Crippen molar-refractivity contribution in [1.82, 2.24) is 0 Å². The quantitative estimate of drug-likeness (QED) is 0.758. The standard InChI is InChI=1S/C18H31N/c19-14-13-18(17-7-3-4-8-17)11-9-16(10-12-18)15-5-1-2-6-15/h13-17H,1-12,19H2/b14-13+.